The fourth-order valence-corrected chi connectivity index (χ4v) is 4.05. The number of nitrogens with zero attached hydrogens (tertiary/aromatic N) is 2. The van der Waals surface area contributed by atoms with E-state index in [4.69, 9.17) is 0 Å². The van der Waals surface area contributed by atoms with Crippen LogP contribution in [0.2, 0.25) is 0 Å². The molecule has 0 spiro atoms. The third-order valence-corrected chi connectivity index (χ3v) is 5.21. The van der Waals surface area contributed by atoms with Gasteiger partial charge in [-0.15, -0.1) is 11.3 Å². The summed E-state index contributed by atoms with van der Waals surface area (Å²) < 4.78 is 0. The SMILES string of the molecule is CCNC(c1sccc1C)C1CN(C)CCCN1C. The molecule has 1 aromatic rings. The predicted octanol–water partition coefficient (Wildman–Crippen LogP) is 2.34. The fraction of sp³-hybridized carbons (Fsp3) is 0.733. The van der Waals surface area contributed by atoms with E-state index in [2.05, 4.69) is 54.5 Å². The number of thiophene rings is 1. The summed E-state index contributed by atoms with van der Waals surface area (Å²) in [6.07, 6.45) is 1.27. The molecule has 108 valence electrons. The Morgan fingerprint density at radius 3 is 2.84 bits per heavy atom. The summed E-state index contributed by atoms with van der Waals surface area (Å²) in [5, 5.41) is 5.93. The van der Waals surface area contributed by atoms with Crippen LogP contribution in [-0.4, -0.2) is 56.1 Å². The summed E-state index contributed by atoms with van der Waals surface area (Å²) in [4.78, 5) is 6.52. The molecule has 4 heteroatoms. The molecule has 2 rings (SSSR count). The van der Waals surface area contributed by atoms with Crippen LogP contribution in [0.3, 0.4) is 0 Å². The Bertz CT molecular complexity index is 390. The quantitative estimate of drug-likeness (QED) is 0.914. The van der Waals surface area contributed by atoms with Gasteiger partial charge in [0, 0.05) is 17.5 Å². The van der Waals surface area contributed by atoms with Gasteiger partial charge in [-0.3, -0.25) is 0 Å². The average Bonchev–Trinajstić information content (AvgIpc) is 2.71. The Labute approximate surface area is 121 Å². The van der Waals surface area contributed by atoms with Gasteiger partial charge in [-0.1, -0.05) is 6.92 Å². The van der Waals surface area contributed by atoms with Gasteiger partial charge < -0.3 is 15.1 Å². The molecule has 19 heavy (non-hydrogen) atoms. The first-order valence-corrected chi connectivity index (χ1v) is 8.17. The largest absolute Gasteiger partial charge is 0.308 e. The molecule has 0 bridgehead atoms. The van der Waals surface area contributed by atoms with E-state index in [-0.39, 0.29) is 0 Å². The lowest BCUT2D eigenvalue weighted by Gasteiger charge is -2.35. The van der Waals surface area contributed by atoms with Crippen LogP contribution in [-0.2, 0) is 0 Å². The Balaban J connectivity index is 2.23. The van der Waals surface area contributed by atoms with E-state index in [1.54, 1.807) is 0 Å². The lowest BCUT2D eigenvalue weighted by molar-refractivity contribution is 0.180. The summed E-state index contributed by atoms with van der Waals surface area (Å²) in [5.41, 5.74) is 1.43. The van der Waals surface area contributed by atoms with Crippen LogP contribution in [0.5, 0.6) is 0 Å². The number of aryl methyl sites for hydroxylation is 1. The van der Waals surface area contributed by atoms with Crippen molar-refractivity contribution in [3.05, 3.63) is 21.9 Å². The van der Waals surface area contributed by atoms with Crippen molar-refractivity contribution in [2.45, 2.75) is 32.4 Å². The van der Waals surface area contributed by atoms with Gasteiger partial charge in [0.2, 0.25) is 0 Å². The van der Waals surface area contributed by atoms with Gasteiger partial charge in [-0.2, -0.15) is 0 Å². The zero-order valence-corrected chi connectivity index (χ0v) is 13.5. The minimum Gasteiger partial charge on any atom is -0.308 e. The number of hydrogen-bond acceptors (Lipinski definition) is 4. The van der Waals surface area contributed by atoms with Crippen LogP contribution >= 0.6 is 11.3 Å². The van der Waals surface area contributed by atoms with Crippen LogP contribution in [0.1, 0.15) is 29.8 Å². The van der Waals surface area contributed by atoms with Crippen molar-refractivity contribution >= 4 is 11.3 Å². The molecule has 0 aliphatic carbocycles. The lowest BCUT2D eigenvalue weighted by Crippen LogP contribution is -2.47. The van der Waals surface area contributed by atoms with E-state index in [1.807, 2.05) is 11.3 Å². The van der Waals surface area contributed by atoms with E-state index in [0.717, 1.165) is 13.1 Å². The maximum absolute atomic E-state index is 3.72. The van der Waals surface area contributed by atoms with Gasteiger partial charge in [0.05, 0.1) is 6.04 Å². The monoisotopic (exact) mass is 281 g/mol. The molecule has 1 fully saturated rings. The minimum atomic E-state index is 0.454. The summed E-state index contributed by atoms with van der Waals surface area (Å²) in [6.45, 7) is 9.01. The zero-order chi connectivity index (χ0) is 13.8. The molecule has 1 aliphatic heterocycles. The Morgan fingerprint density at radius 2 is 2.21 bits per heavy atom. The highest BCUT2D eigenvalue weighted by Crippen LogP contribution is 2.29. The van der Waals surface area contributed by atoms with Crippen LogP contribution in [0.4, 0.5) is 0 Å². The second kappa shape index (κ2) is 6.84. The molecule has 0 saturated carbocycles. The molecule has 1 aromatic heterocycles. The predicted molar refractivity (Wildman–Crippen MR) is 84.0 cm³/mol. The molecule has 2 atom stereocenters. The van der Waals surface area contributed by atoms with Crippen molar-refractivity contribution in [1.29, 1.82) is 0 Å². The normalized spacial score (nSPS) is 24.3. The van der Waals surface area contributed by atoms with Gasteiger partial charge in [-0.25, -0.2) is 0 Å². The summed E-state index contributed by atoms with van der Waals surface area (Å²) in [6, 6.07) is 3.26. The highest BCUT2D eigenvalue weighted by molar-refractivity contribution is 7.10. The Morgan fingerprint density at radius 1 is 1.42 bits per heavy atom. The zero-order valence-electron chi connectivity index (χ0n) is 12.6. The van der Waals surface area contributed by atoms with Crippen molar-refractivity contribution in [3.63, 3.8) is 0 Å². The number of likely N-dealkylation sites (N-methyl/N-ethyl adjacent to an activating group) is 3. The second-order valence-corrected chi connectivity index (χ2v) is 6.61. The molecule has 2 unspecified atom stereocenters. The second-order valence-electron chi connectivity index (χ2n) is 5.67. The third-order valence-electron chi connectivity index (χ3n) is 4.11. The lowest BCUT2D eigenvalue weighted by atomic mass is 10.0. The van der Waals surface area contributed by atoms with E-state index < -0.39 is 0 Å². The first-order chi connectivity index (χ1) is 9.13. The number of nitrogens with one attached hydrogen (secondary N) is 1. The van der Waals surface area contributed by atoms with Crippen LogP contribution < -0.4 is 5.32 Å². The van der Waals surface area contributed by atoms with Gasteiger partial charge in [-0.05, 0) is 64.1 Å². The smallest absolute Gasteiger partial charge is 0.0587 e. The molecule has 1 aliphatic rings. The molecule has 3 nitrogen and oxygen atoms in total. The topological polar surface area (TPSA) is 18.5 Å². The third kappa shape index (κ3) is 3.57. The molecule has 1 saturated heterocycles. The fourth-order valence-electron chi connectivity index (χ4n) is 2.99. The van der Waals surface area contributed by atoms with Gasteiger partial charge in [0.15, 0.2) is 0 Å². The molecule has 0 amide bonds. The van der Waals surface area contributed by atoms with E-state index in [0.29, 0.717) is 12.1 Å². The van der Waals surface area contributed by atoms with Crippen LogP contribution in [0.15, 0.2) is 11.4 Å². The van der Waals surface area contributed by atoms with Crippen LogP contribution in [0, 0.1) is 6.92 Å². The van der Waals surface area contributed by atoms with E-state index in [9.17, 15) is 0 Å². The summed E-state index contributed by atoms with van der Waals surface area (Å²) >= 11 is 1.89. The van der Waals surface area contributed by atoms with Crippen molar-refractivity contribution < 1.29 is 0 Å². The average molecular weight is 281 g/mol. The van der Waals surface area contributed by atoms with Gasteiger partial charge in [0.25, 0.3) is 0 Å². The highest BCUT2D eigenvalue weighted by Gasteiger charge is 2.30. The number of hydrogen-bond donors (Lipinski definition) is 1. The summed E-state index contributed by atoms with van der Waals surface area (Å²) in [7, 11) is 4.52. The molecule has 2 heterocycles. The van der Waals surface area contributed by atoms with Gasteiger partial charge >= 0.3 is 0 Å². The highest BCUT2D eigenvalue weighted by atomic mass is 32.1. The van der Waals surface area contributed by atoms with Crippen molar-refractivity contribution in [1.82, 2.24) is 15.1 Å². The maximum atomic E-state index is 3.72. The first-order valence-electron chi connectivity index (χ1n) is 7.29. The molecular weight excluding hydrogens is 254 g/mol. The maximum Gasteiger partial charge on any atom is 0.0587 e. The van der Waals surface area contributed by atoms with E-state index >= 15 is 0 Å². The van der Waals surface area contributed by atoms with Crippen LogP contribution in [0.25, 0.3) is 0 Å². The molecule has 0 radical (unpaired) electrons. The minimum absolute atomic E-state index is 0.454. The van der Waals surface area contributed by atoms with Crippen molar-refractivity contribution in [2.24, 2.45) is 0 Å². The number of rotatable bonds is 4. The Kier molecular flexibility index (Phi) is 5.39. The molecule has 1 N–H and O–H groups in total. The van der Waals surface area contributed by atoms with Crippen molar-refractivity contribution in [3.8, 4) is 0 Å². The van der Waals surface area contributed by atoms with Crippen molar-refractivity contribution in [2.75, 3.05) is 40.3 Å². The van der Waals surface area contributed by atoms with Gasteiger partial charge in [0.1, 0.15) is 0 Å². The summed E-state index contributed by atoms with van der Waals surface area (Å²) in [5.74, 6) is 0. The molecule has 0 aromatic carbocycles. The Hall–Kier alpha value is -0.420. The van der Waals surface area contributed by atoms with E-state index in [1.165, 1.54) is 30.0 Å². The molecular formula is C15H27N3S. The standard InChI is InChI=1S/C15H27N3S/c1-5-16-14(15-12(2)7-10-19-15)13-11-17(3)8-6-9-18(13)4/h7,10,13-14,16H,5-6,8-9,11H2,1-4H3. The first kappa shape index (κ1) is 15.0.